The topological polar surface area (TPSA) is 12.4 Å². The van der Waals surface area contributed by atoms with Crippen LogP contribution < -0.4 is 0 Å². The molecule has 0 heterocycles. The van der Waals surface area contributed by atoms with Crippen molar-refractivity contribution in [2.45, 2.75) is 55.4 Å². The highest BCUT2D eigenvalue weighted by Gasteiger charge is 1.78. The highest BCUT2D eigenvalue weighted by atomic mass is 14.7. The van der Waals surface area contributed by atoms with Crippen molar-refractivity contribution in [1.29, 1.82) is 0 Å². The molecule has 0 aliphatic heterocycles. The van der Waals surface area contributed by atoms with Crippen LogP contribution in [0, 0.1) is 0 Å². The number of hydrogen-bond acceptors (Lipinski definition) is 1. The van der Waals surface area contributed by atoms with E-state index < -0.39 is 0 Å². The Morgan fingerprint density at radius 1 is 0.917 bits per heavy atom. The van der Waals surface area contributed by atoms with Gasteiger partial charge in [0.25, 0.3) is 0 Å². The van der Waals surface area contributed by atoms with Crippen LogP contribution in [0.2, 0.25) is 0 Å². The summed E-state index contributed by atoms with van der Waals surface area (Å²) in [5.74, 6) is 0. The van der Waals surface area contributed by atoms with Crippen molar-refractivity contribution in [3.63, 3.8) is 0 Å². The molecular weight excluding hydrogens is 146 g/mol. The van der Waals surface area contributed by atoms with Gasteiger partial charge < -0.3 is 0 Å². The van der Waals surface area contributed by atoms with Gasteiger partial charge in [0, 0.05) is 11.4 Å². The zero-order valence-electron chi connectivity index (χ0n) is 10.0. The van der Waals surface area contributed by atoms with Crippen LogP contribution in [0.25, 0.3) is 0 Å². The van der Waals surface area contributed by atoms with Crippen molar-refractivity contribution in [3.05, 3.63) is 11.8 Å². The maximum atomic E-state index is 4.17. The Hall–Kier alpha value is -0.590. The molecule has 0 bridgehead atoms. The predicted octanol–water partition coefficient (Wildman–Crippen LogP) is 4.44. The van der Waals surface area contributed by atoms with Crippen molar-refractivity contribution in [2.24, 2.45) is 4.99 Å². The third-order valence-corrected chi connectivity index (χ3v) is 0.818. The normalized spacial score (nSPS) is 8.50. The minimum Gasteiger partial charge on any atom is -0.263 e. The van der Waals surface area contributed by atoms with Gasteiger partial charge in [0.1, 0.15) is 0 Å². The van der Waals surface area contributed by atoms with Gasteiger partial charge in [0.05, 0.1) is 0 Å². The molecule has 0 unspecified atom stereocenters. The molecule has 74 valence electrons. The molecule has 0 aromatic heterocycles. The molecule has 0 aromatic rings. The second kappa shape index (κ2) is 16.8. The molecule has 1 heteroatoms. The van der Waals surface area contributed by atoms with Gasteiger partial charge in [-0.15, -0.1) is 0 Å². The van der Waals surface area contributed by atoms with Gasteiger partial charge in [0.2, 0.25) is 0 Å². The molecular formula is C11H25N. The second-order valence-corrected chi connectivity index (χ2v) is 1.99. The van der Waals surface area contributed by atoms with E-state index in [1.54, 1.807) is 0 Å². The van der Waals surface area contributed by atoms with Gasteiger partial charge in [-0.25, -0.2) is 0 Å². The summed E-state index contributed by atoms with van der Waals surface area (Å²) in [5, 5.41) is 0. The first-order valence-electron chi connectivity index (χ1n) is 4.81. The summed E-state index contributed by atoms with van der Waals surface area (Å²) in [4.78, 5) is 4.17. The first-order chi connectivity index (χ1) is 5.66. The fourth-order valence-corrected chi connectivity index (χ4v) is 0.417. The average molecular weight is 171 g/mol. The lowest BCUT2D eigenvalue weighted by Crippen LogP contribution is -1.79. The van der Waals surface area contributed by atoms with Gasteiger partial charge in [-0.05, 0) is 27.7 Å². The van der Waals surface area contributed by atoms with Gasteiger partial charge >= 0.3 is 0 Å². The maximum Gasteiger partial charge on any atom is 0.0329 e. The molecule has 0 aliphatic carbocycles. The van der Waals surface area contributed by atoms with Crippen molar-refractivity contribution >= 4 is 5.71 Å². The molecule has 0 aromatic carbocycles. The minimum atomic E-state index is 1.09. The maximum absolute atomic E-state index is 4.17. The Balaban J connectivity index is -0.000000175. The van der Waals surface area contributed by atoms with Crippen molar-refractivity contribution in [3.8, 4) is 0 Å². The predicted molar refractivity (Wildman–Crippen MR) is 60.9 cm³/mol. The fourth-order valence-electron chi connectivity index (χ4n) is 0.417. The molecule has 0 spiro atoms. The van der Waals surface area contributed by atoms with E-state index in [4.69, 9.17) is 0 Å². The smallest absolute Gasteiger partial charge is 0.0329 e. The molecule has 0 fully saturated rings. The van der Waals surface area contributed by atoms with E-state index in [-0.39, 0.29) is 0 Å². The fraction of sp³-hybridized carbons (Fsp3) is 0.727. The largest absolute Gasteiger partial charge is 0.263 e. The monoisotopic (exact) mass is 171 g/mol. The van der Waals surface area contributed by atoms with Crippen LogP contribution in [0.1, 0.15) is 55.4 Å². The summed E-state index contributed by atoms with van der Waals surface area (Å²) in [6, 6.07) is 0. The summed E-state index contributed by atoms with van der Waals surface area (Å²) < 4.78 is 0. The zero-order valence-corrected chi connectivity index (χ0v) is 10.0. The zero-order chi connectivity index (χ0) is 10.6. The third kappa shape index (κ3) is 22.7. The third-order valence-electron chi connectivity index (χ3n) is 0.818. The summed E-state index contributed by atoms with van der Waals surface area (Å²) in [7, 11) is 0. The van der Waals surface area contributed by atoms with Gasteiger partial charge in [0.15, 0.2) is 0 Å². The lowest BCUT2D eigenvalue weighted by molar-refractivity contribution is 1.27. The standard InChI is InChI=1S/C7H13N.2C2H6/c1-5-7(4)8-6(2)3;2*1-2/h5H,1-4H3;2*1-2H3/b7-5-;;. The molecule has 0 saturated heterocycles. The van der Waals surface area contributed by atoms with Crippen LogP contribution in [0.3, 0.4) is 0 Å². The summed E-state index contributed by atoms with van der Waals surface area (Å²) in [5.41, 5.74) is 2.20. The van der Waals surface area contributed by atoms with Crippen LogP contribution in [0.15, 0.2) is 16.8 Å². The van der Waals surface area contributed by atoms with Gasteiger partial charge in [-0.3, -0.25) is 4.99 Å². The average Bonchev–Trinajstić information content (AvgIpc) is 2.10. The SMILES string of the molecule is C/C=C(/C)N=C(C)C.CC.CC. The molecule has 0 amide bonds. The van der Waals surface area contributed by atoms with E-state index in [0.29, 0.717) is 0 Å². The Kier molecular flexibility index (Phi) is 24.5. The lowest BCUT2D eigenvalue weighted by Gasteiger charge is -1.88. The Bertz CT molecular complexity index is 117. The quantitative estimate of drug-likeness (QED) is 0.517. The van der Waals surface area contributed by atoms with E-state index in [2.05, 4.69) is 4.99 Å². The summed E-state index contributed by atoms with van der Waals surface area (Å²) in [6.45, 7) is 16.0. The molecule has 12 heavy (non-hydrogen) atoms. The first-order valence-corrected chi connectivity index (χ1v) is 4.81. The van der Waals surface area contributed by atoms with Crippen molar-refractivity contribution in [1.82, 2.24) is 0 Å². The second-order valence-electron chi connectivity index (χ2n) is 1.99. The molecule has 0 radical (unpaired) electrons. The lowest BCUT2D eigenvalue weighted by atomic mass is 10.4. The number of rotatable bonds is 1. The van der Waals surface area contributed by atoms with Gasteiger partial charge in [-0.2, -0.15) is 0 Å². The van der Waals surface area contributed by atoms with Crippen LogP contribution in [0.5, 0.6) is 0 Å². The summed E-state index contributed by atoms with van der Waals surface area (Å²) >= 11 is 0. The molecule has 0 atom stereocenters. The van der Waals surface area contributed by atoms with Crippen molar-refractivity contribution < 1.29 is 0 Å². The molecule has 0 N–H and O–H groups in total. The molecule has 0 rings (SSSR count). The van der Waals surface area contributed by atoms with E-state index in [1.807, 2.05) is 61.5 Å². The molecule has 0 aliphatic rings. The number of aliphatic imine (C=N–C) groups is 1. The van der Waals surface area contributed by atoms with Crippen LogP contribution >= 0.6 is 0 Å². The van der Waals surface area contributed by atoms with E-state index in [1.165, 1.54) is 0 Å². The van der Waals surface area contributed by atoms with E-state index in [0.717, 1.165) is 11.4 Å². The highest BCUT2D eigenvalue weighted by molar-refractivity contribution is 5.80. The van der Waals surface area contributed by atoms with E-state index in [9.17, 15) is 0 Å². The number of allylic oxidation sites excluding steroid dienone is 2. The minimum absolute atomic E-state index is 1.09. The first kappa shape index (κ1) is 17.5. The van der Waals surface area contributed by atoms with Gasteiger partial charge in [-0.1, -0.05) is 33.8 Å². The van der Waals surface area contributed by atoms with Crippen LogP contribution in [0.4, 0.5) is 0 Å². The van der Waals surface area contributed by atoms with Crippen molar-refractivity contribution in [2.75, 3.05) is 0 Å². The Labute approximate surface area is 78.6 Å². The number of hydrogen-bond donors (Lipinski definition) is 0. The van der Waals surface area contributed by atoms with E-state index >= 15 is 0 Å². The molecule has 1 nitrogen and oxygen atoms in total. The Morgan fingerprint density at radius 3 is 1.33 bits per heavy atom. The highest BCUT2D eigenvalue weighted by Crippen LogP contribution is 1.92. The van der Waals surface area contributed by atoms with Crippen LogP contribution in [-0.2, 0) is 0 Å². The summed E-state index contributed by atoms with van der Waals surface area (Å²) in [6.07, 6.45) is 1.99. The Morgan fingerprint density at radius 2 is 1.25 bits per heavy atom. The van der Waals surface area contributed by atoms with Crippen LogP contribution in [-0.4, -0.2) is 5.71 Å². The number of nitrogens with zero attached hydrogens (tertiary/aromatic N) is 1. The molecule has 0 saturated carbocycles.